The molecule has 1 N–H and O–H groups in total. The maximum atomic E-state index is 12.6. The second-order valence-electron chi connectivity index (χ2n) is 4.03. The first-order valence-corrected chi connectivity index (χ1v) is 5.57. The third kappa shape index (κ3) is 5.29. The number of alkyl halides is 6. The first kappa shape index (κ1) is 17.3. The number of halogens is 6. The summed E-state index contributed by atoms with van der Waals surface area (Å²) in [5.41, 5.74) is 0.361. The average molecular weight is 277 g/mol. The lowest BCUT2D eigenvalue weighted by atomic mass is 9.91. The van der Waals surface area contributed by atoms with Crippen molar-refractivity contribution in [1.29, 1.82) is 0 Å². The summed E-state index contributed by atoms with van der Waals surface area (Å²) in [6, 6.07) is -1.72. The van der Waals surface area contributed by atoms with Crippen molar-refractivity contribution in [3.63, 3.8) is 0 Å². The van der Waals surface area contributed by atoms with E-state index in [0.29, 0.717) is 12.0 Å². The predicted molar refractivity (Wildman–Crippen MR) is 57.1 cm³/mol. The third-order valence-electron chi connectivity index (χ3n) is 2.58. The van der Waals surface area contributed by atoms with Gasteiger partial charge in [-0.15, -0.1) is 0 Å². The summed E-state index contributed by atoms with van der Waals surface area (Å²) in [5.74, 6) is -3.37. The van der Waals surface area contributed by atoms with E-state index in [4.69, 9.17) is 0 Å². The van der Waals surface area contributed by atoms with Crippen LogP contribution in [0.15, 0.2) is 12.2 Å². The van der Waals surface area contributed by atoms with Crippen LogP contribution in [0.2, 0.25) is 0 Å². The van der Waals surface area contributed by atoms with Gasteiger partial charge in [-0.1, -0.05) is 26.0 Å². The van der Waals surface area contributed by atoms with Gasteiger partial charge in [0.2, 0.25) is 0 Å². The van der Waals surface area contributed by atoms with Crippen LogP contribution in [0.1, 0.15) is 26.7 Å². The molecule has 0 aromatic rings. The van der Waals surface area contributed by atoms with E-state index in [1.807, 2.05) is 0 Å². The van der Waals surface area contributed by atoms with E-state index in [2.05, 4.69) is 11.9 Å². The molecule has 1 nitrogen and oxygen atoms in total. The van der Waals surface area contributed by atoms with Crippen LogP contribution in [0.4, 0.5) is 26.3 Å². The van der Waals surface area contributed by atoms with Crippen LogP contribution in [0.25, 0.3) is 0 Å². The Labute approximate surface area is 102 Å². The van der Waals surface area contributed by atoms with Gasteiger partial charge in [-0.2, -0.15) is 26.3 Å². The lowest BCUT2D eigenvalue weighted by Crippen LogP contribution is -2.51. The first-order valence-electron chi connectivity index (χ1n) is 5.57. The van der Waals surface area contributed by atoms with Crippen LogP contribution in [0, 0.1) is 5.92 Å². The SMILES string of the molecule is C=C(CC)CC(NCC)C(C(F)(F)F)C(F)(F)F. The van der Waals surface area contributed by atoms with Gasteiger partial charge in [0, 0.05) is 6.04 Å². The van der Waals surface area contributed by atoms with Gasteiger partial charge in [-0.25, -0.2) is 0 Å². The number of hydrogen-bond donors (Lipinski definition) is 1. The van der Waals surface area contributed by atoms with Gasteiger partial charge in [0.05, 0.1) is 0 Å². The summed E-state index contributed by atoms with van der Waals surface area (Å²) in [6.07, 6.45) is -10.6. The molecule has 0 aromatic heterocycles. The third-order valence-corrected chi connectivity index (χ3v) is 2.58. The molecular weight excluding hydrogens is 260 g/mol. The number of rotatable bonds is 6. The van der Waals surface area contributed by atoms with Crippen molar-refractivity contribution >= 4 is 0 Å². The molecule has 0 fully saturated rings. The van der Waals surface area contributed by atoms with Crippen LogP contribution >= 0.6 is 0 Å². The van der Waals surface area contributed by atoms with Crippen molar-refractivity contribution in [2.45, 2.75) is 45.1 Å². The van der Waals surface area contributed by atoms with E-state index in [9.17, 15) is 26.3 Å². The van der Waals surface area contributed by atoms with Gasteiger partial charge in [0.15, 0.2) is 5.92 Å². The quantitative estimate of drug-likeness (QED) is 0.570. The fourth-order valence-electron chi connectivity index (χ4n) is 1.67. The lowest BCUT2D eigenvalue weighted by molar-refractivity contribution is -0.291. The lowest BCUT2D eigenvalue weighted by Gasteiger charge is -2.31. The zero-order chi connectivity index (χ0) is 14.6. The topological polar surface area (TPSA) is 12.0 Å². The van der Waals surface area contributed by atoms with Crippen molar-refractivity contribution < 1.29 is 26.3 Å². The fourth-order valence-corrected chi connectivity index (χ4v) is 1.67. The van der Waals surface area contributed by atoms with Gasteiger partial charge >= 0.3 is 12.4 Å². The zero-order valence-electron chi connectivity index (χ0n) is 10.3. The molecule has 0 saturated heterocycles. The van der Waals surface area contributed by atoms with Crippen LogP contribution in [-0.4, -0.2) is 24.9 Å². The second-order valence-corrected chi connectivity index (χ2v) is 4.03. The minimum absolute atomic E-state index is 0.0321. The Balaban J connectivity index is 5.17. The molecule has 108 valence electrons. The van der Waals surface area contributed by atoms with Gasteiger partial charge in [-0.05, 0) is 19.4 Å². The molecule has 0 rings (SSSR count). The van der Waals surface area contributed by atoms with Gasteiger partial charge in [0.1, 0.15) is 0 Å². The summed E-state index contributed by atoms with van der Waals surface area (Å²) in [5, 5.41) is 2.26. The van der Waals surface area contributed by atoms with Crippen LogP contribution in [0.5, 0.6) is 0 Å². The molecule has 1 unspecified atom stereocenters. The summed E-state index contributed by atoms with van der Waals surface area (Å²) in [7, 11) is 0. The smallest absolute Gasteiger partial charge is 0.313 e. The second kappa shape index (κ2) is 6.45. The molecule has 7 heteroatoms. The standard InChI is InChI=1S/C11H17F6N/c1-4-7(3)6-8(18-5-2)9(10(12,13)14)11(15,16)17/h8-9,18H,3-6H2,1-2H3. The molecule has 0 spiro atoms. The van der Waals surface area contributed by atoms with Crippen LogP contribution < -0.4 is 5.32 Å². The predicted octanol–water partition coefficient (Wildman–Crippen LogP) is 4.06. The molecule has 0 heterocycles. The maximum Gasteiger partial charge on any atom is 0.402 e. The normalized spacial score (nSPS) is 14.9. The first-order chi connectivity index (χ1) is 8.04. The van der Waals surface area contributed by atoms with Crippen molar-refractivity contribution in [3.05, 3.63) is 12.2 Å². The molecule has 0 aromatic carbocycles. The van der Waals surface area contributed by atoms with Crippen LogP contribution in [0.3, 0.4) is 0 Å². The summed E-state index contributed by atoms with van der Waals surface area (Å²) < 4.78 is 75.3. The Morgan fingerprint density at radius 3 is 1.78 bits per heavy atom. The van der Waals surface area contributed by atoms with E-state index < -0.39 is 24.3 Å². The van der Waals surface area contributed by atoms with Gasteiger partial charge in [-0.3, -0.25) is 0 Å². The molecule has 1 atom stereocenters. The average Bonchev–Trinajstić information content (AvgIpc) is 2.13. The molecule has 0 aliphatic heterocycles. The van der Waals surface area contributed by atoms with E-state index in [0.717, 1.165) is 0 Å². The molecule has 0 radical (unpaired) electrons. The Kier molecular flexibility index (Phi) is 6.19. The maximum absolute atomic E-state index is 12.6. The highest BCUT2D eigenvalue weighted by atomic mass is 19.4. The monoisotopic (exact) mass is 277 g/mol. The van der Waals surface area contributed by atoms with Crippen molar-refractivity contribution in [3.8, 4) is 0 Å². The molecule has 0 saturated carbocycles. The Morgan fingerprint density at radius 2 is 1.50 bits per heavy atom. The summed E-state index contributed by atoms with van der Waals surface area (Å²) >= 11 is 0. The molecular formula is C11H17F6N. The van der Waals surface area contributed by atoms with Crippen molar-refractivity contribution in [1.82, 2.24) is 5.32 Å². The highest BCUT2D eigenvalue weighted by molar-refractivity contribution is 5.00. The summed E-state index contributed by atoms with van der Waals surface area (Å²) in [4.78, 5) is 0. The van der Waals surface area contributed by atoms with E-state index >= 15 is 0 Å². The van der Waals surface area contributed by atoms with E-state index in [1.54, 1.807) is 6.92 Å². The van der Waals surface area contributed by atoms with Crippen molar-refractivity contribution in [2.75, 3.05) is 6.54 Å². The zero-order valence-corrected chi connectivity index (χ0v) is 10.3. The molecule has 0 amide bonds. The Morgan fingerprint density at radius 1 is 1.06 bits per heavy atom. The van der Waals surface area contributed by atoms with E-state index in [1.165, 1.54) is 6.92 Å². The van der Waals surface area contributed by atoms with E-state index in [-0.39, 0.29) is 13.0 Å². The largest absolute Gasteiger partial charge is 0.402 e. The molecule has 18 heavy (non-hydrogen) atoms. The minimum Gasteiger partial charge on any atom is -0.313 e. The Hall–Kier alpha value is -0.720. The van der Waals surface area contributed by atoms with Crippen molar-refractivity contribution in [2.24, 2.45) is 5.92 Å². The van der Waals surface area contributed by atoms with Gasteiger partial charge < -0.3 is 5.32 Å². The number of hydrogen-bond acceptors (Lipinski definition) is 1. The summed E-state index contributed by atoms with van der Waals surface area (Å²) in [6.45, 7) is 6.60. The molecule has 0 aliphatic carbocycles. The minimum atomic E-state index is -5.32. The highest BCUT2D eigenvalue weighted by Gasteiger charge is 2.59. The molecule has 0 aliphatic rings. The van der Waals surface area contributed by atoms with Crippen LogP contribution in [-0.2, 0) is 0 Å². The van der Waals surface area contributed by atoms with Gasteiger partial charge in [0.25, 0.3) is 0 Å². The highest BCUT2D eigenvalue weighted by Crippen LogP contribution is 2.42. The Bertz CT molecular complexity index is 254. The molecule has 0 bridgehead atoms. The fraction of sp³-hybridized carbons (Fsp3) is 0.818. The number of nitrogens with one attached hydrogen (secondary N) is 1.